The zero-order chi connectivity index (χ0) is 20.2. The van der Waals surface area contributed by atoms with Gasteiger partial charge in [-0.3, -0.25) is 0 Å². The number of rotatable bonds is 4. The summed E-state index contributed by atoms with van der Waals surface area (Å²) in [5.41, 5.74) is -0.264. The Kier molecular flexibility index (Phi) is 5.92. The fraction of sp³-hybridized carbons (Fsp3) is 0.435. The lowest BCUT2D eigenvalue weighted by Gasteiger charge is -2.37. The lowest BCUT2D eigenvalue weighted by Crippen LogP contribution is -2.45. The molecule has 0 radical (unpaired) electrons. The van der Waals surface area contributed by atoms with Gasteiger partial charge in [-0.05, 0) is 44.0 Å². The van der Waals surface area contributed by atoms with Crippen LogP contribution in [0.1, 0.15) is 44.7 Å². The number of amides is 1. The van der Waals surface area contributed by atoms with Gasteiger partial charge in [0.25, 0.3) is 0 Å². The average molecular weight is 385 g/mol. The van der Waals surface area contributed by atoms with E-state index in [1.54, 1.807) is 29.2 Å². The van der Waals surface area contributed by atoms with Crippen molar-refractivity contribution in [2.75, 3.05) is 13.1 Å². The van der Waals surface area contributed by atoms with Crippen molar-refractivity contribution in [1.82, 2.24) is 4.90 Å². The molecule has 0 N–H and O–H groups in total. The summed E-state index contributed by atoms with van der Waals surface area (Å²) in [4.78, 5) is 13.7. The second kappa shape index (κ2) is 8.21. The first-order chi connectivity index (χ1) is 13.3. The van der Waals surface area contributed by atoms with E-state index in [2.05, 4.69) is 0 Å². The summed E-state index contributed by atoms with van der Waals surface area (Å²) in [6.07, 6.45) is 0.145. The molecule has 150 valence electrons. The predicted molar refractivity (Wildman–Crippen MR) is 107 cm³/mol. The summed E-state index contributed by atoms with van der Waals surface area (Å²) in [6, 6.07) is 17.1. The summed E-state index contributed by atoms with van der Waals surface area (Å²) >= 11 is 0. The van der Waals surface area contributed by atoms with Gasteiger partial charge in [-0.1, -0.05) is 42.5 Å². The van der Waals surface area contributed by atoms with Crippen LogP contribution in [0.25, 0.3) is 0 Å². The maximum atomic E-state index is 15.4. The highest BCUT2D eigenvalue weighted by Gasteiger charge is 2.38. The molecule has 4 nitrogen and oxygen atoms in total. The van der Waals surface area contributed by atoms with Crippen LogP contribution in [0.4, 0.5) is 9.18 Å². The first-order valence-corrected chi connectivity index (χ1v) is 9.69. The lowest BCUT2D eigenvalue weighted by molar-refractivity contribution is 0.00220. The summed E-state index contributed by atoms with van der Waals surface area (Å²) in [7, 11) is 0. The van der Waals surface area contributed by atoms with Gasteiger partial charge < -0.3 is 14.4 Å². The van der Waals surface area contributed by atoms with Crippen molar-refractivity contribution in [1.29, 1.82) is 0 Å². The third-order valence-electron chi connectivity index (χ3n) is 4.83. The molecule has 1 aliphatic heterocycles. The molecule has 2 aromatic carbocycles. The van der Waals surface area contributed by atoms with Gasteiger partial charge in [-0.2, -0.15) is 0 Å². The van der Waals surface area contributed by atoms with Crippen molar-refractivity contribution >= 4 is 6.09 Å². The van der Waals surface area contributed by atoms with Gasteiger partial charge in [-0.15, -0.1) is 0 Å². The van der Waals surface area contributed by atoms with E-state index in [1.165, 1.54) is 0 Å². The van der Waals surface area contributed by atoms with E-state index >= 15 is 4.39 Å². The van der Waals surface area contributed by atoms with Crippen LogP contribution in [0.2, 0.25) is 0 Å². The maximum Gasteiger partial charge on any atom is 0.410 e. The standard InChI is InChI=1S/C23H28FNO3/c1-22(2,3)28-21(26)25-15-13-23(24,14-16-25)19-9-11-20(12-10-19)27-17-18-7-5-4-6-8-18/h4-12H,13-17H2,1-3H3. The summed E-state index contributed by atoms with van der Waals surface area (Å²) < 4.78 is 26.6. The summed E-state index contributed by atoms with van der Waals surface area (Å²) in [6.45, 7) is 6.66. The fourth-order valence-electron chi connectivity index (χ4n) is 3.25. The van der Waals surface area contributed by atoms with Crippen LogP contribution in [-0.2, 0) is 17.0 Å². The molecule has 0 bridgehead atoms. The van der Waals surface area contributed by atoms with Gasteiger partial charge in [0.1, 0.15) is 23.6 Å². The van der Waals surface area contributed by atoms with E-state index in [-0.39, 0.29) is 18.9 Å². The number of nitrogens with zero attached hydrogens (tertiary/aromatic N) is 1. The Balaban J connectivity index is 1.56. The van der Waals surface area contributed by atoms with Crippen molar-refractivity contribution in [3.63, 3.8) is 0 Å². The number of benzene rings is 2. The molecule has 1 aliphatic rings. The Morgan fingerprint density at radius 2 is 1.64 bits per heavy atom. The molecule has 28 heavy (non-hydrogen) atoms. The van der Waals surface area contributed by atoms with Gasteiger partial charge in [0.2, 0.25) is 0 Å². The quantitative estimate of drug-likeness (QED) is 0.701. The van der Waals surface area contributed by atoms with E-state index < -0.39 is 11.3 Å². The summed E-state index contributed by atoms with van der Waals surface area (Å²) in [5.74, 6) is 0.711. The molecule has 0 atom stereocenters. The van der Waals surface area contributed by atoms with Crippen LogP contribution in [0, 0.1) is 0 Å². The Morgan fingerprint density at radius 1 is 1.04 bits per heavy atom. The van der Waals surface area contributed by atoms with Crippen molar-refractivity contribution in [3.05, 3.63) is 65.7 Å². The van der Waals surface area contributed by atoms with Gasteiger partial charge in [0, 0.05) is 25.9 Å². The van der Waals surface area contributed by atoms with E-state index in [1.807, 2.05) is 51.1 Å². The van der Waals surface area contributed by atoms with Crippen molar-refractivity contribution in [2.24, 2.45) is 0 Å². The molecule has 0 unspecified atom stereocenters. The zero-order valence-electron chi connectivity index (χ0n) is 16.8. The maximum absolute atomic E-state index is 15.4. The average Bonchev–Trinajstić information content (AvgIpc) is 2.67. The van der Waals surface area contributed by atoms with Crippen LogP contribution in [0.5, 0.6) is 5.75 Å². The van der Waals surface area contributed by atoms with Gasteiger partial charge >= 0.3 is 6.09 Å². The largest absolute Gasteiger partial charge is 0.489 e. The Morgan fingerprint density at radius 3 is 2.21 bits per heavy atom. The van der Waals surface area contributed by atoms with E-state index in [4.69, 9.17) is 9.47 Å². The Bertz CT molecular complexity index is 776. The van der Waals surface area contributed by atoms with Crippen LogP contribution >= 0.6 is 0 Å². The molecule has 5 heteroatoms. The minimum Gasteiger partial charge on any atom is -0.489 e. The van der Waals surface area contributed by atoms with Gasteiger partial charge in [-0.25, -0.2) is 9.18 Å². The van der Waals surface area contributed by atoms with E-state index in [9.17, 15) is 4.79 Å². The fourth-order valence-corrected chi connectivity index (χ4v) is 3.25. The zero-order valence-corrected chi connectivity index (χ0v) is 16.8. The smallest absolute Gasteiger partial charge is 0.410 e. The number of ether oxygens (including phenoxy) is 2. The molecule has 3 rings (SSSR count). The van der Waals surface area contributed by atoms with Crippen LogP contribution in [0.15, 0.2) is 54.6 Å². The number of halogens is 1. The number of alkyl halides is 1. The number of hydrogen-bond donors (Lipinski definition) is 0. The van der Waals surface area contributed by atoms with Crippen molar-refractivity contribution < 1.29 is 18.7 Å². The second-order valence-corrected chi connectivity index (χ2v) is 8.23. The molecule has 1 saturated heterocycles. The molecule has 1 heterocycles. The first-order valence-electron chi connectivity index (χ1n) is 9.69. The van der Waals surface area contributed by atoms with Crippen LogP contribution < -0.4 is 4.74 Å². The topological polar surface area (TPSA) is 38.8 Å². The third kappa shape index (κ3) is 5.24. The molecule has 2 aromatic rings. The molecule has 0 aromatic heterocycles. The number of carbonyl (C=O) groups is 1. The number of piperidine rings is 1. The minimum atomic E-state index is -1.43. The van der Waals surface area contributed by atoms with Crippen LogP contribution in [0.3, 0.4) is 0 Å². The van der Waals surface area contributed by atoms with Crippen molar-refractivity contribution in [2.45, 2.75) is 51.5 Å². The number of carbonyl (C=O) groups excluding carboxylic acids is 1. The molecule has 1 fully saturated rings. The summed E-state index contributed by atoms with van der Waals surface area (Å²) in [5, 5.41) is 0. The molecular weight excluding hydrogens is 357 g/mol. The third-order valence-corrected chi connectivity index (χ3v) is 4.83. The highest BCUT2D eigenvalue weighted by Crippen LogP contribution is 2.38. The predicted octanol–water partition coefficient (Wildman–Crippen LogP) is 5.46. The molecule has 0 spiro atoms. The molecule has 0 aliphatic carbocycles. The molecular formula is C23H28FNO3. The highest BCUT2D eigenvalue weighted by atomic mass is 19.1. The van der Waals surface area contributed by atoms with Crippen LogP contribution in [-0.4, -0.2) is 29.7 Å². The minimum absolute atomic E-state index is 0.260. The van der Waals surface area contributed by atoms with E-state index in [0.717, 1.165) is 5.56 Å². The highest BCUT2D eigenvalue weighted by molar-refractivity contribution is 5.68. The Labute approximate surface area is 166 Å². The number of likely N-dealkylation sites (tertiary alicyclic amines) is 1. The van der Waals surface area contributed by atoms with E-state index in [0.29, 0.717) is 31.0 Å². The Hall–Kier alpha value is -2.56. The molecule has 1 amide bonds. The van der Waals surface area contributed by atoms with Crippen molar-refractivity contribution in [3.8, 4) is 5.75 Å². The number of hydrogen-bond acceptors (Lipinski definition) is 3. The monoisotopic (exact) mass is 385 g/mol. The SMILES string of the molecule is CC(C)(C)OC(=O)N1CCC(F)(c2ccc(OCc3ccccc3)cc2)CC1. The van der Waals surface area contributed by atoms with Gasteiger partial charge in [0.15, 0.2) is 0 Å². The normalized spacial score (nSPS) is 16.5. The first kappa shape index (κ1) is 20.2. The second-order valence-electron chi connectivity index (χ2n) is 8.23. The molecule has 0 saturated carbocycles. The van der Waals surface area contributed by atoms with Gasteiger partial charge in [0.05, 0.1) is 0 Å². The lowest BCUT2D eigenvalue weighted by atomic mass is 9.86.